The summed E-state index contributed by atoms with van der Waals surface area (Å²) in [4.78, 5) is 8.16. The molecule has 0 saturated heterocycles. The monoisotopic (exact) mass is 527 g/mol. The van der Waals surface area contributed by atoms with Crippen LogP contribution in [0.25, 0.3) is 17.2 Å². The Bertz CT molecular complexity index is 1460. The number of aliphatic hydroxyl groups excluding tert-OH is 1. The predicted octanol–water partition coefficient (Wildman–Crippen LogP) is 2.30. The molecule has 0 amide bonds. The van der Waals surface area contributed by atoms with Crippen LogP contribution in [-0.2, 0) is 22.1 Å². The number of aliphatic hydroxyl groups is 1. The minimum atomic E-state index is -3.97. The zero-order valence-electron chi connectivity index (χ0n) is 21.2. The molecule has 0 aliphatic heterocycles. The number of rotatable bonds is 10. The van der Waals surface area contributed by atoms with Crippen LogP contribution in [0.3, 0.4) is 0 Å². The third-order valence-electron chi connectivity index (χ3n) is 5.96. The molecule has 4 aromatic rings. The summed E-state index contributed by atoms with van der Waals surface area (Å²) < 4.78 is 41.4. The number of para-hydroxylation sites is 1. The number of nitrogens with zero attached hydrogens (tertiary/aromatic N) is 7. The van der Waals surface area contributed by atoms with Crippen molar-refractivity contribution in [1.29, 1.82) is 0 Å². The van der Waals surface area contributed by atoms with E-state index < -0.39 is 26.9 Å². The summed E-state index contributed by atoms with van der Waals surface area (Å²) in [6.07, 6.45) is 3.42. The molecule has 12 nitrogen and oxygen atoms in total. The summed E-state index contributed by atoms with van der Waals surface area (Å²) in [5, 5.41) is 22.6. The van der Waals surface area contributed by atoms with Gasteiger partial charge in [-0.2, -0.15) is 5.10 Å². The zero-order chi connectivity index (χ0) is 26.7. The number of sulfone groups is 1. The molecule has 0 fully saturated rings. The fourth-order valence-corrected chi connectivity index (χ4v) is 5.12. The Kier molecular flexibility index (Phi) is 7.55. The van der Waals surface area contributed by atoms with Crippen LogP contribution in [0.4, 0.5) is 0 Å². The van der Waals surface area contributed by atoms with E-state index in [1.54, 1.807) is 46.6 Å². The van der Waals surface area contributed by atoms with E-state index in [-0.39, 0.29) is 11.6 Å². The van der Waals surface area contributed by atoms with Gasteiger partial charge in [0.2, 0.25) is 0 Å². The third-order valence-corrected chi connectivity index (χ3v) is 8.01. The van der Waals surface area contributed by atoms with E-state index in [2.05, 4.69) is 25.3 Å². The van der Waals surface area contributed by atoms with Gasteiger partial charge < -0.3 is 14.6 Å². The molecule has 1 N–H and O–H groups in total. The normalized spacial score (nSPS) is 13.4. The van der Waals surface area contributed by atoms with Crippen LogP contribution in [0.1, 0.15) is 37.2 Å². The minimum Gasteiger partial charge on any atom is -0.494 e. The maximum absolute atomic E-state index is 13.5. The van der Waals surface area contributed by atoms with Gasteiger partial charge in [-0.3, -0.25) is 9.25 Å². The second kappa shape index (κ2) is 10.6. The summed E-state index contributed by atoms with van der Waals surface area (Å²) >= 11 is 0. The van der Waals surface area contributed by atoms with E-state index in [1.165, 1.54) is 33.5 Å². The fourth-order valence-electron chi connectivity index (χ4n) is 3.79. The summed E-state index contributed by atoms with van der Waals surface area (Å²) in [6.45, 7) is 5.81. The smallest absolute Gasteiger partial charge is 0.189 e. The molecule has 0 radical (unpaired) electrons. The lowest BCUT2D eigenvalue weighted by atomic mass is 10.2. The SMILES string of the molecule is CCn1ccc(-c2nnc(CS(=O)(=O)[C@@H](C)[C@H](O)c3ncc(C)cn3)n2-c2c(OC)cccc2OC)n1. The van der Waals surface area contributed by atoms with Crippen LogP contribution >= 0.6 is 0 Å². The van der Waals surface area contributed by atoms with Crippen molar-refractivity contribution in [3.8, 4) is 28.7 Å². The number of benzene rings is 1. The summed E-state index contributed by atoms with van der Waals surface area (Å²) in [5.74, 6) is 0.772. The first-order valence-electron chi connectivity index (χ1n) is 11.6. The Morgan fingerprint density at radius 1 is 1.05 bits per heavy atom. The van der Waals surface area contributed by atoms with Crippen molar-refractivity contribution in [2.75, 3.05) is 14.2 Å². The summed E-state index contributed by atoms with van der Waals surface area (Å²) in [7, 11) is -0.960. The van der Waals surface area contributed by atoms with E-state index in [0.29, 0.717) is 35.2 Å². The van der Waals surface area contributed by atoms with Crippen LogP contribution in [-0.4, -0.2) is 67.5 Å². The van der Waals surface area contributed by atoms with Gasteiger partial charge in [0.1, 0.15) is 34.7 Å². The summed E-state index contributed by atoms with van der Waals surface area (Å²) in [6, 6.07) is 6.98. The Hall–Kier alpha value is -3.84. The van der Waals surface area contributed by atoms with Crippen molar-refractivity contribution in [3.63, 3.8) is 0 Å². The average molecular weight is 528 g/mol. The molecule has 1 aromatic carbocycles. The third kappa shape index (κ3) is 5.18. The fraction of sp³-hybridized carbons (Fsp3) is 0.375. The standard InChI is InChI=1S/C24H29N7O5S/c1-6-30-11-10-17(29-30)24-28-27-20(31(24)21-18(35-4)8-7-9-19(21)36-5)14-37(33,34)16(3)22(32)23-25-12-15(2)13-26-23/h7-13,16,22,32H,6,14H2,1-5H3/t16-,22-/m0/s1. The van der Waals surface area contributed by atoms with E-state index in [0.717, 1.165) is 5.56 Å². The number of ether oxygens (including phenoxy) is 2. The minimum absolute atomic E-state index is 0.0281. The van der Waals surface area contributed by atoms with Gasteiger partial charge in [0, 0.05) is 25.1 Å². The van der Waals surface area contributed by atoms with Crippen LogP contribution in [0.15, 0.2) is 42.9 Å². The molecule has 2 atom stereocenters. The Labute approximate surface area is 214 Å². The quantitative estimate of drug-likeness (QED) is 0.326. The lowest BCUT2D eigenvalue weighted by molar-refractivity contribution is 0.166. The van der Waals surface area contributed by atoms with Gasteiger partial charge in [-0.25, -0.2) is 18.4 Å². The highest BCUT2D eigenvalue weighted by molar-refractivity contribution is 7.91. The van der Waals surface area contributed by atoms with Crippen molar-refractivity contribution in [2.24, 2.45) is 0 Å². The van der Waals surface area contributed by atoms with Gasteiger partial charge in [0.25, 0.3) is 0 Å². The second-order valence-electron chi connectivity index (χ2n) is 8.42. The van der Waals surface area contributed by atoms with Gasteiger partial charge >= 0.3 is 0 Å². The second-order valence-corrected chi connectivity index (χ2v) is 10.8. The van der Waals surface area contributed by atoms with E-state index in [9.17, 15) is 13.5 Å². The van der Waals surface area contributed by atoms with E-state index in [1.807, 2.05) is 6.92 Å². The molecule has 3 heterocycles. The molecule has 0 unspecified atom stereocenters. The molecule has 3 aromatic heterocycles. The number of aromatic nitrogens is 7. The lowest BCUT2D eigenvalue weighted by Gasteiger charge is -2.20. The van der Waals surface area contributed by atoms with Crippen molar-refractivity contribution >= 4 is 9.84 Å². The van der Waals surface area contributed by atoms with Crippen molar-refractivity contribution in [3.05, 3.63) is 60.1 Å². The molecule has 0 aliphatic carbocycles. The molecule has 0 saturated carbocycles. The highest BCUT2D eigenvalue weighted by Crippen LogP contribution is 2.36. The number of aryl methyl sites for hydroxylation is 2. The van der Waals surface area contributed by atoms with Gasteiger partial charge in [0.15, 0.2) is 27.3 Å². The molecular weight excluding hydrogens is 498 g/mol. The van der Waals surface area contributed by atoms with Gasteiger partial charge in [-0.15, -0.1) is 10.2 Å². The van der Waals surface area contributed by atoms with Crippen LogP contribution in [0.2, 0.25) is 0 Å². The number of hydrogen-bond acceptors (Lipinski definition) is 10. The van der Waals surface area contributed by atoms with Gasteiger partial charge in [-0.1, -0.05) is 6.07 Å². The molecule has 37 heavy (non-hydrogen) atoms. The maximum atomic E-state index is 13.5. The molecule has 0 bridgehead atoms. The van der Waals surface area contributed by atoms with Crippen LogP contribution in [0, 0.1) is 6.92 Å². The Morgan fingerprint density at radius 3 is 2.27 bits per heavy atom. The first-order valence-corrected chi connectivity index (χ1v) is 13.3. The highest BCUT2D eigenvalue weighted by Gasteiger charge is 2.34. The van der Waals surface area contributed by atoms with Crippen molar-refractivity contribution in [2.45, 2.75) is 44.4 Å². The largest absolute Gasteiger partial charge is 0.494 e. The highest BCUT2D eigenvalue weighted by atomic mass is 32.2. The number of hydrogen-bond donors (Lipinski definition) is 1. The molecular formula is C24H29N7O5S. The zero-order valence-corrected chi connectivity index (χ0v) is 22.0. The first kappa shape index (κ1) is 26.2. The lowest BCUT2D eigenvalue weighted by Crippen LogP contribution is -2.29. The molecule has 196 valence electrons. The van der Waals surface area contributed by atoms with Crippen molar-refractivity contribution in [1.82, 2.24) is 34.5 Å². The van der Waals surface area contributed by atoms with Gasteiger partial charge in [0.05, 0.1) is 19.5 Å². The maximum Gasteiger partial charge on any atom is 0.189 e. The van der Waals surface area contributed by atoms with E-state index in [4.69, 9.17) is 9.47 Å². The van der Waals surface area contributed by atoms with Gasteiger partial charge in [-0.05, 0) is 44.5 Å². The average Bonchev–Trinajstić information content (AvgIpc) is 3.54. The van der Waals surface area contributed by atoms with E-state index >= 15 is 0 Å². The molecule has 4 rings (SSSR count). The Balaban J connectivity index is 1.82. The predicted molar refractivity (Wildman–Crippen MR) is 135 cm³/mol. The van der Waals surface area contributed by atoms with Crippen molar-refractivity contribution < 1.29 is 23.0 Å². The number of methoxy groups -OCH3 is 2. The molecule has 0 spiro atoms. The van der Waals surface area contributed by atoms with Crippen LogP contribution < -0.4 is 9.47 Å². The summed E-state index contributed by atoms with van der Waals surface area (Å²) in [5.41, 5.74) is 1.72. The molecule has 0 aliphatic rings. The topological polar surface area (TPSA) is 147 Å². The Morgan fingerprint density at radius 2 is 1.70 bits per heavy atom. The van der Waals surface area contributed by atoms with Crippen LogP contribution in [0.5, 0.6) is 11.5 Å². The molecule has 13 heteroatoms. The first-order chi connectivity index (χ1) is 17.7.